The van der Waals surface area contributed by atoms with Gasteiger partial charge in [-0.15, -0.1) is 0 Å². The van der Waals surface area contributed by atoms with Crippen molar-refractivity contribution in [2.45, 2.75) is 264 Å². The molecule has 0 fully saturated rings. The van der Waals surface area contributed by atoms with Gasteiger partial charge in [-0.2, -0.15) is 0 Å². The second kappa shape index (κ2) is 52.3. The van der Waals surface area contributed by atoms with Gasteiger partial charge in [0, 0.05) is 12.8 Å². The molecule has 70 heavy (non-hydrogen) atoms. The summed E-state index contributed by atoms with van der Waals surface area (Å²) in [6.07, 6.45) is 63.0. The van der Waals surface area contributed by atoms with Crippen LogP contribution in [0.25, 0.3) is 0 Å². The summed E-state index contributed by atoms with van der Waals surface area (Å²) in [6.45, 7) is 4.84. The van der Waals surface area contributed by atoms with E-state index in [0.717, 1.165) is 77.0 Å². The summed E-state index contributed by atoms with van der Waals surface area (Å²) in [4.78, 5) is 37.4. The number of carboxylic acid groups (broad SMARTS) is 1. The van der Waals surface area contributed by atoms with E-state index in [2.05, 4.69) is 74.6 Å². The van der Waals surface area contributed by atoms with Gasteiger partial charge in [0.1, 0.15) is 13.2 Å². The van der Waals surface area contributed by atoms with Crippen LogP contribution in [0.15, 0.2) is 60.8 Å². The number of ether oxygens (including phenoxy) is 4. The number of quaternary nitrogens is 1. The van der Waals surface area contributed by atoms with Crippen molar-refractivity contribution in [3.63, 3.8) is 0 Å². The van der Waals surface area contributed by atoms with E-state index in [4.69, 9.17) is 18.9 Å². The Morgan fingerprint density at radius 3 is 1.16 bits per heavy atom. The fraction of sp³-hybridized carbons (Fsp3) is 0.787. The molecule has 0 aromatic heterocycles. The molecule has 0 heterocycles. The number of aliphatic carboxylic acids is 1. The summed E-state index contributed by atoms with van der Waals surface area (Å²) in [5, 5.41) is 9.69. The maximum atomic E-state index is 12.9. The largest absolute Gasteiger partial charge is 0.477 e. The summed E-state index contributed by atoms with van der Waals surface area (Å²) >= 11 is 0. The normalized spacial score (nSPS) is 13.2. The van der Waals surface area contributed by atoms with Gasteiger partial charge in [0.15, 0.2) is 6.10 Å². The lowest BCUT2D eigenvalue weighted by Crippen LogP contribution is -2.40. The van der Waals surface area contributed by atoms with Crippen molar-refractivity contribution in [2.24, 2.45) is 0 Å². The lowest BCUT2D eigenvalue weighted by Gasteiger charge is -2.25. The molecule has 0 aliphatic heterocycles. The van der Waals surface area contributed by atoms with E-state index in [-0.39, 0.29) is 38.6 Å². The van der Waals surface area contributed by atoms with Gasteiger partial charge in [-0.3, -0.25) is 9.59 Å². The molecule has 0 aliphatic carbocycles. The van der Waals surface area contributed by atoms with Gasteiger partial charge in [-0.25, -0.2) is 4.79 Å². The summed E-state index contributed by atoms with van der Waals surface area (Å²) in [5.74, 6) is -2.02. The van der Waals surface area contributed by atoms with Gasteiger partial charge in [0.2, 0.25) is 0 Å². The van der Waals surface area contributed by atoms with E-state index in [0.29, 0.717) is 11.0 Å². The van der Waals surface area contributed by atoms with Crippen LogP contribution in [-0.2, 0) is 33.3 Å². The molecule has 406 valence electrons. The summed E-state index contributed by atoms with van der Waals surface area (Å²) in [5.41, 5.74) is 0. The minimum absolute atomic E-state index is 0.184. The molecule has 0 saturated heterocycles. The van der Waals surface area contributed by atoms with Crippen LogP contribution >= 0.6 is 0 Å². The fourth-order valence-corrected chi connectivity index (χ4v) is 7.99. The van der Waals surface area contributed by atoms with Crippen molar-refractivity contribution in [1.29, 1.82) is 0 Å². The van der Waals surface area contributed by atoms with Gasteiger partial charge in [-0.1, -0.05) is 216 Å². The fourth-order valence-electron chi connectivity index (χ4n) is 7.99. The quantitative estimate of drug-likeness (QED) is 0.0211. The third-order valence-electron chi connectivity index (χ3n) is 12.5. The Hall–Kier alpha value is -3.01. The van der Waals surface area contributed by atoms with Crippen LogP contribution in [0.2, 0.25) is 0 Å². The maximum Gasteiger partial charge on any atom is 0.361 e. The van der Waals surface area contributed by atoms with Crippen molar-refractivity contribution in [3.05, 3.63) is 60.8 Å². The average Bonchev–Trinajstić information content (AvgIpc) is 3.33. The molecular formula is C61H110NO8+. The standard InChI is InChI=1S/C61H109NO8/c1-6-8-10-12-14-16-18-20-22-24-25-26-27-28-29-30-31-32-33-34-35-36-38-40-42-44-46-48-50-52-59(64)70-57(56-69-61(60(65)66)67-54-53-62(3,4)5)55-68-58(63)51-49-47-45-43-41-39-37-23-21-19-17-15-13-11-9-7-2/h17-20,23-25,27-28,37,57,61H,6-16,21-22,26,29-36,38-56H2,1-5H3/p+1/b19-17-,20-18-,25-24-,28-27-,37-23-. The Labute approximate surface area is 431 Å². The van der Waals surface area contributed by atoms with Crippen molar-refractivity contribution in [3.8, 4) is 0 Å². The van der Waals surface area contributed by atoms with E-state index in [1.807, 2.05) is 21.1 Å². The molecule has 0 bridgehead atoms. The zero-order chi connectivity index (χ0) is 51.3. The van der Waals surface area contributed by atoms with Gasteiger partial charge in [0.25, 0.3) is 6.29 Å². The Balaban J connectivity index is 4.21. The number of hydrogen-bond acceptors (Lipinski definition) is 7. The second-order valence-corrected chi connectivity index (χ2v) is 20.6. The third kappa shape index (κ3) is 52.8. The molecule has 0 aliphatic rings. The van der Waals surface area contributed by atoms with E-state index >= 15 is 0 Å². The first-order valence-electron chi connectivity index (χ1n) is 29.0. The number of hydrogen-bond donors (Lipinski definition) is 1. The number of esters is 2. The maximum absolute atomic E-state index is 12.9. The molecule has 0 spiro atoms. The highest BCUT2D eigenvalue weighted by Crippen LogP contribution is 2.16. The predicted octanol–water partition coefficient (Wildman–Crippen LogP) is 16.8. The first-order valence-corrected chi connectivity index (χ1v) is 29.0. The Kier molecular flexibility index (Phi) is 50.1. The Bertz CT molecular complexity index is 1330. The van der Waals surface area contributed by atoms with Crippen molar-refractivity contribution in [1.82, 2.24) is 0 Å². The molecule has 0 aromatic rings. The Morgan fingerprint density at radius 2 is 0.771 bits per heavy atom. The van der Waals surface area contributed by atoms with Gasteiger partial charge in [-0.05, 0) is 83.5 Å². The van der Waals surface area contributed by atoms with Gasteiger partial charge in [0.05, 0.1) is 34.4 Å². The van der Waals surface area contributed by atoms with Crippen molar-refractivity contribution >= 4 is 17.9 Å². The molecule has 2 unspecified atom stereocenters. The molecule has 1 N–H and O–H groups in total. The predicted molar refractivity (Wildman–Crippen MR) is 295 cm³/mol. The minimum atomic E-state index is -1.51. The number of nitrogens with zero attached hydrogens (tertiary/aromatic N) is 1. The highest BCUT2D eigenvalue weighted by atomic mass is 16.7. The molecule has 9 heteroatoms. The number of likely N-dealkylation sites (N-methyl/N-ethyl adjacent to an activating group) is 1. The number of rotatable bonds is 53. The number of unbranched alkanes of at least 4 members (excludes halogenated alkanes) is 28. The molecule has 0 rings (SSSR count). The van der Waals surface area contributed by atoms with Crippen LogP contribution < -0.4 is 0 Å². The first kappa shape index (κ1) is 67.0. The van der Waals surface area contributed by atoms with Crippen LogP contribution in [0, 0.1) is 0 Å². The summed E-state index contributed by atoms with van der Waals surface area (Å²) < 4.78 is 22.9. The van der Waals surface area contributed by atoms with E-state index in [1.165, 1.54) is 148 Å². The van der Waals surface area contributed by atoms with Crippen molar-refractivity contribution in [2.75, 3.05) is 47.5 Å². The third-order valence-corrected chi connectivity index (χ3v) is 12.5. The minimum Gasteiger partial charge on any atom is -0.477 e. The number of carboxylic acids is 1. The van der Waals surface area contributed by atoms with Crippen LogP contribution in [0.1, 0.15) is 251 Å². The topological polar surface area (TPSA) is 108 Å². The highest BCUT2D eigenvalue weighted by molar-refractivity contribution is 5.71. The van der Waals surface area contributed by atoms with Crippen molar-refractivity contribution < 1.29 is 42.9 Å². The second-order valence-electron chi connectivity index (χ2n) is 20.6. The van der Waals surface area contributed by atoms with Crippen LogP contribution in [0.4, 0.5) is 0 Å². The van der Waals surface area contributed by atoms with Crippen LogP contribution in [0.3, 0.4) is 0 Å². The van der Waals surface area contributed by atoms with E-state index < -0.39 is 24.3 Å². The first-order chi connectivity index (χ1) is 34.1. The zero-order valence-electron chi connectivity index (χ0n) is 46.2. The average molecular weight is 986 g/mol. The molecular weight excluding hydrogens is 875 g/mol. The van der Waals surface area contributed by atoms with Gasteiger partial charge < -0.3 is 28.5 Å². The molecule has 2 atom stereocenters. The monoisotopic (exact) mass is 985 g/mol. The smallest absolute Gasteiger partial charge is 0.361 e. The Morgan fingerprint density at radius 1 is 0.429 bits per heavy atom. The van der Waals surface area contributed by atoms with E-state index in [1.54, 1.807) is 0 Å². The lowest BCUT2D eigenvalue weighted by atomic mass is 10.0. The molecule has 0 aromatic carbocycles. The number of carbonyl (C=O) groups is 3. The molecule has 0 amide bonds. The van der Waals surface area contributed by atoms with Crippen LogP contribution in [-0.4, -0.2) is 87.4 Å². The van der Waals surface area contributed by atoms with Gasteiger partial charge >= 0.3 is 17.9 Å². The SMILES string of the molecule is CCCCCC/C=C\C/C=C\CCCCCCCC(=O)OCC(COC(OCC[N+](C)(C)C)C(=O)O)OC(=O)CCCCCCCCCCCCCCCC/C=C\C/C=C\C/C=C\CCCCCCC. The summed E-state index contributed by atoms with van der Waals surface area (Å²) in [7, 11) is 5.96. The molecule has 9 nitrogen and oxygen atoms in total. The lowest BCUT2D eigenvalue weighted by molar-refractivity contribution is -0.870. The molecule has 0 saturated carbocycles. The number of carbonyl (C=O) groups excluding carboxylic acids is 2. The highest BCUT2D eigenvalue weighted by Gasteiger charge is 2.25. The van der Waals surface area contributed by atoms with Crippen LogP contribution in [0.5, 0.6) is 0 Å². The zero-order valence-corrected chi connectivity index (χ0v) is 46.2. The summed E-state index contributed by atoms with van der Waals surface area (Å²) in [6, 6.07) is 0. The molecule has 0 radical (unpaired) electrons. The van der Waals surface area contributed by atoms with E-state index in [9.17, 15) is 19.5 Å². The number of allylic oxidation sites excluding steroid dienone is 10.